The van der Waals surface area contributed by atoms with Gasteiger partial charge in [0.05, 0.1) is 13.0 Å². The fourth-order valence-corrected chi connectivity index (χ4v) is 3.47. The number of carboxylic acid groups (broad SMARTS) is 1. The second-order valence-corrected chi connectivity index (χ2v) is 6.63. The molecule has 3 heterocycles. The first-order valence-electron chi connectivity index (χ1n) is 9.05. The Labute approximate surface area is 148 Å². The first-order valence-corrected chi connectivity index (χ1v) is 9.05. The van der Waals surface area contributed by atoms with Crippen molar-refractivity contribution in [3.05, 3.63) is 47.8 Å². The zero-order valence-corrected chi connectivity index (χ0v) is 14.8. The summed E-state index contributed by atoms with van der Waals surface area (Å²) in [6.07, 6.45) is 6.72. The number of hydrogen-bond donors (Lipinski definition) is 1. The monoisotopic (exact) mass is 342 g/mol. The molecule has 1 fully saturated rings. The van der Waals surface area contributed by atoms with E-state index in [2.05, 4.69) is 27.4 Å². The highest BCUT2D eigenvalue weighted by atomic mass is 16.4. The summed E-state index contributed by atoms with van der Waals surface area (Å²) < 4.78 is 2.19. The number of carboxylic acids is 1. The van der Waals surface area contributed by atoms with E-state index in [-0.39, 0.29) is 6.42 Å². The number of pyridine rings is 1. The number of nitrogens with zero attached hydrogens (tertiary/aromatic N) is 4. The van der Waals surface area contributed by atoms with E-state index in [4.69, 9.17) is 10.1 Å². The number of aliphatic carboxylic acids is 1. The van der Waals surface area contributed by atoms with Crippen LogP contribution < -0.4 is 0 Å². The molecule has 0 aliphatic carbocycles. The fraction of sp³-hybridized carbons (Fsp3) is 0.526. The molecule has 2 aromatic rings. The van der Waals surface area contributed by atoms with E-state index < -0.39 is 5.97 Å². The van der Waals surface area contributed by atoms with Crippen LogP contribution in [0.3, 0.4) is 0 Å². The van der Waals surface area contributed by atoms with E-state index in [0.717, 1.165) is 56.2 Å². The quantitative estimate of drug-likeness (QED) is 0.838. The van der Waals surface area contributed by atoms with Gasteiger partial charge in [-0.25, -0.2) is 4.98 Å². The maximum absolute atomic E-state index is 10.7. The minimum absolute atomic E-state index is 0.138. The summed E-state index contributed by atoms with van der Waals surface area (Å²) in [7, 11) is 0. The molecule has 1 N–H and O–H groups in total. The summed E-state index contributed by atoms with van der Waals surface area (Å²) in [5.41, 5.74) is 1.99. The number of aromatic nitrogens is 3. The van der Waals surface area contributed by atoms with Gasteiger partial charge in [-0.2, -0.15) is 0 Å². The van der Waals surface area contributed by atoms with Crippen molar-refractivity contribution in [2.75, 3.05) is 13.1 Å². The molecular weight excluding hydrogens is 316 g/mol. The average Bonchev–Trinajstić information content (AvgIpc) is 3.08. The molecule has 0 saturated carbocycles. The fourth-order valence-electron chi connectivity index (χ4n) is 3.47. The maximum Gasteiger partial charge on any atom is 0.303 e. The zero-order valence-electron chi connectivity index (χ0n) is 14.8. The van der Waals surface area contributed by atoms with Crippen LogP contribution in [0.1, 0.15) is 49.3 Å². The van der Waals surface area contributed by atoms with Crippen LogP contribution in [0, 0.1) is 0 Å². The summed E-state index contributed by atoms with van der Waals surface area (Å²) in [5.74, 6) is 0.827. The molecule has 0 radical (unpaired) electrons. The number of likely N-dealkylation sites (tertiary alicyclic amines) is 1. The molecule has 134 valence electrons. The minimum atomic E-state index is -0.772. The summed E-state index contributed by atoms with van der Waals surface area (Å²) >= 11 is 0. The highest BCUT2D eigenvalue weighted by molar-refractivity contribution is 5.66. The Morgan fingerprint density at radius 3 is 2.84 bits per heavy atom. The first-order chi connectivity index (χ1) is 12.2. The van der Waals surface area contributed by atoms with Gasteiger partial charge < -0.3 is 9.67 Å². The van der Waals surface area contributed by atoms with Gasteiger partial charge in [0.1, 0.15) is 5.82 Å². The molecule has 1 aliphatic rings. The van der Waals surface area contributed by atoms with Gasteiger partial charge in [-0.05, 0) is 45.0 Å². The van der Waals surface area contributed by atoms with E-state index in [1.807, 2.05) is 24.5 Å². The van der Waals surface area contributed by atoms with Gasteiger partial charge in [0, 0.05) is 42.7 Å². The number of piperidine rings is 1. The molecule has 0 spiro atoms. The summed E-state index contributed by atoms with van der Waals surface area (Å²) in [4.78, 5) is 22.4. The standard InChI is InChI=1S/C19H26N4O2/c1-2-23-13-10-20-18(23)14-22-11-8-15(9-12-22)17-5-3-4-16(21-17)6-7-19(24)25/h3-5,10,13,15H,2,6-9,11-12,14H2,1H3,(H,24,25). The predicted octanol–water partition coefficient (Wildman–Crippen LogP) is 2.69. The summed E-state index contributed by atoms with van der Waals surface area (Å²) in [6.45, 7) is 6.09. The predicted molar refractivity (Wildman–Crippen MR) is 95.3 cm³/mol. The second-order valence-electron chi connectivity index (χ2n) is 6.63. The Hall–Kier alpha value is -2.21. The van der Waals surface area contributed by atoms with Crippen molar-refractivity contribution in [2.45, 2.75) is 51.6 Å². The maximum atomic E-state index is 10.7. The number of hydrogen-bond acceptors (Lipinski definition) is 4. The van der Waals surface area contributed by atoms with E-state index >= 15 is 0 Å². The smallest absolute Gasteiger partial charge is 0.303 e. The first kappa shape index (κ1) is 17.6. The van der Waals surface area contributed by atoms with Gasteiger partial charge in [0.15, 0.2) is 0 Å². The van der Waals surface area contributed by atoms with Crippen molar-refractivity contribution < 1.29 is 9.90 Å². The molecule has 25 heavy (non-hydrogen) atoms. The number of aryl methyl sites for hydroxylation is 2. The molecule has 0 bridgehead atoms. The molecule has 3 rings (SSSR count). The molecule has 0 unspecified atom stereocenters. The van der Waals surface area contributed by atoms with E-state index in [9.17, 15) is 4.79 Å². The number of rotatable bonds is 7. The lowest BCUT2D eigenvalue weighted by atomic mass is 9.92. The minimum Gasteiger partial charge on any atom is -0.481 e. The van der Waals surface area contributed by atoms with Gasteiger partial charge in [-0.15, -0.1) is 0 Å². The van der Waals surface area contributed by atoms with Crippen molar-refractivity contribution in [2.24, 2.45) is 0 Å². The topological polar surface area (TPSA) is 71.2 Å². The Kier molecular flexibility index (Phi) is 5.81. The molecule has 6 heteroatoms. The van der Waals surface area contributed by atoms with Gasteiger partial charge in [-0.1, -0.05) is 6.07 Å². The van der Waals surface area contributed by atoms with Crippen molar-refractivity contribution >= 4 is 5.97 Å². The Morgan fingerprint density at radius 1 is 1.32 bits per heavy atom. The van der Waals surface area contributed by atoms with Crippen LogP contribution in [0.4, 0.5) is 0 Å². The molecule has 2 aromatic heterocycles. The second kappa shape index (κ2) is 8.25. The highest BCUT2D eigenvalue weighted by Crippen LogP contribution is 2.27. The van der Waals surface area contributed by atoms with Crippen LogP contribution in [0.25, 0.3) is 0 Å². The third-order valence-electron chi connectivity index (χ3n) is 4.94. The Morgan fingerprint density at radius 2 is 2.12 bits per heavy atom. The molecular formula is C19H26N4O2. The van der Waals surface area contributed by atoms with E-state index in [1.54, 1.807) is 0 Å². The van der Waals surface area contributed by atoms with Crippen LogP contribution >= 0.6 is 0 Å². The van der Waals surface area contributed by atoms with Gasteiger partial charge in [-0.3, -0.25) is 14.7 Å². The molecule has 0 amide bonds. The van der Waals surface area contributed by atoms with Crippen LogP contribution in [0.15, 0.2) is 30.6 Å². The van der Waals surface area contributed by atoms with Crippen molar-refractivity contribution in [3.63, 3.8) is 0 Å². The molecule has 1 aliphatic heterocycles. The Bertz CT molecular complexity index is 705. The lowest BCUT2D eigenvalue weighted by Gasteiger charge is -2.31. The van der Waals surface area contributed by atoms with Gasteiger partial charge >= 0.3 is 5.97 Å². The number of imidazole rings is 1. The van der Waals surface area contributed by atoms with Crippen molar-refractivity contribution in [3.8, 4) is 0 Å². The SMILES string of the molecule is CCn1ccnc1CN1CCC(c2cccc(CCC(=O)O)n2)CC1. The lowest BCUT2D eigenvalue weighted by molar-refractivity contribution is -0.136. The summed E-state index contributed by atoms with van der Waals surface area (Å²) in [5, 5.41) is 8.82. The van der Waals surface area contributed by atoms with E-state index in [1.165, 1.54) is 0 Å². The number of carbonyl (C=O) groups is 1. The van der Waals surface area contributed by atoms with Crippen molar-refractivity contribution in [1.29, 1.82) is 0 Å². The van der Waals surface area contributed by atoms with Gasteiger partial charge in [0.25, 0.3) is 0 Å². The highest BCUT2D eigenvalue weighted by Gasteiger charge is 2.22. The average molecular weight is 342 g/mol. The van der Waals surface area contributed by atoms with Gasteiger partial charge in [0.2, 0.25) is 0 Å². The lowest BCUT2D eigenvalue weighted by Crippen LogP contribution is -2.33. The molecule has 6 nitrogen and oxygen atoms in total. The van der Waals surface area contributed by atoms with Crippen LogP contribution in [-0.2, 0) is 24.3 Å². The molecule has 0 aromatic carbocycles. The largest absolute Gasteiger partial charge is 0.481 e. The Balaban J connectivity index is 1.55. The summed E-state index contributed by atoms with van der Waals surface area (Å²) in [6, 6.07) is 6.00. The van der Waals surface area contributed by atoms with Crippen LogP contribution in [-0.4, -0.2) is 43.6 Å². The molecule has 1 saturated heterocycles. The van der Waals surface area contributed by atoms with Crippen molar-refractivity contribution in [1.82, 2.24) is 19.4 Å². The van der Waals surface area contributed by atoms with Crippen LogP contribution in [0.2, 0.25) is 0 Å². The third kappa shape index (κ3) is 4.66. The van der Waals surface area contributed by atoms with Crippen LogP contribution in [0.5, 0.6) is 0 Å². The normalized spacial score (nSPS) is 16.2. The zero-order chi connectivity index (χ0) is 17.6. The third-order valence-corrected chi connectivity index (χ3v) is 4.94. The molecule has 0 atom stereocenters. The van der Waals surface area contributed by atoms with E-state index in [0.29, 0.717) is 12.3 Å².